The van der Waals surface area contributed by atoms with Gasteiger partial charge < -0.3 is 19.1 Å². The molecule has 3 aromatic rings. The standard InChI is InChI=1S/C26H28FN3O3/c27-21-11-6-10-20(16-21)25(31)30(17-22-12-7-15-32-22)18-23-24(19-8-2-1-3-9-19)28-33-26(23)29-13-4-5-14-29/h1-3,6,8-11,16,22H,4-5,7,12-15,17-18H2. The van der Waals surface area contributed by atoms with Crippen molar-refractivity contribution in [1.29, 1.82) is 0 Å². The summed E-state index contributed by atoms with van der Waals surface area (Å²) in [5, 5.41) is 4.42. The van der Waals surface area contributed by atoms with E-state index >= 15 is 0 Å². The first kappa shape index (κ1) is 21.6. The molecule has 1 amide bonds. The minimum atomic E-state index is -0.425. The number of rotatable bonds is 7. The summed E-state index contributed by atoms with van der Waals surface area (Å²) in [4.78, 5) is 17.5. The molecule has 0 bridgehead atoms. The van der Waals surface area contributed by atoms with E-state index in [4.69, 9.17) is 9.26 Å². The van der Waals surface area contributed by atoms with Crippen molar-refractivity contribution in [3.63, 3.8) is 0 Å². The summed E-state index contributed by atoms with van der Waals surface area (Å²) >= 11 is 0. The van der Waals surface area contributed by atoms with E-state index in [-0.39, 0.29) is 12.0 Å². The number of benzene rings is 2. The predicted octanol–water partition coefficient (Wildman–Crippen LogP) is 4.90. The maximum absolute atomic E-state index is 13.9. The summed E-state index contributed by atoms with van der Waals surface area (Å²) in [6.07, 6.45) is 4.05. The van der Waals surface area contributed by atoms with Gasteiger partial charge in [0.15, 0.2) is 0 Å². The quantitative estimate of drug-likeness (QED) is 0.513. The fraction of sp³-hybridized carbons (Fsp3) is 0.385. The third-order valence-electron chi connectivity index (χ3n) is 6.36. The van der Waals surface area contributed by atoms with Crippen molar-refractivity contribution < 1.29 is 18.4 Å². The van der Waals surface area contributed by atoms with Gasteiger partial charge in [0.25, 0.3) is 5.91 Å². The fourth-order valence-electron chi connectivity index (χ4n) is 4.68. The normalized spacial score (nSPS) is 18.1. The lowest BCUT2D eigenvalue weighted by atomic mass is 10.1. The van der Waals surface area contributed by atoms with Crippen LogP contribution in [0.25, 0.3) is 11.3 Å². The minimum absolute atomic E-state index is 0.0298. The van der Waals surface area contributed by atoms with Gasteiger partial charge in [0, 0.05) is 37.4 Å². The van der Waals surface area contributed by atoms with E-state index in [1.807, 2.05) is 30.3 Å². The zero-order valence-electron chi connectivity index (χ0n) is 18.6. The molecule has 0 saturated carbocycles. The molecule has 0 radical (unpaired) electrons. The average molecular weight is 450 g/mol. The molecule has 1 atom stereocenters. The van der Waals surface area contributed by atoms with E-state index in [1.54, 1.807) is 17.0 Å². The lowest BCUT2D eigenvalue weighted by Crippen LogP contribution is -2.37. The first-order chi connectivity index (χ1) is 16.2. The number of ether oxygens (including phenoxy) is 1. The zero-order chi connectivity index (χ0) is 22.6. The second kappa shape index (κ2) is 9.75. The molecule has 5 rings (SSSR count). The highest BCUT2D eigenvalue weighted by molar-refractivity contribution is 5.94. The Morgan fingerprint density at radius 2 is 1.91 bits per heavy atom. The third kappa shape index (κ3) is 4.78. The molecule has 3 heterocycles. The summed E-state index contributed by atoms with van der Waals surface area (Å²) in [5.41, 5.74) is 2.89. The zero-order valence-corrected chi connectivity index (χ0v) is 18.6. The Balaban J connectivity index is 1.52. The van der Waals surface area contributed by atoms with Crippen LogP contribution in [0.4, 0.5) is 10.3 Å². The first-order valence-corrected chi connectivity index (χ1v) is 11.6. The Kier molecular flexibility index (Phi) is 6.39. The number of nitrogens with zero attached hydrogens (tertiary/aromatic N) is 3. The second-order valence-corrected chi connectivity index (χ2v) is 8.71. The number of carbonyl (C=O) groups excluding carboxylic acids is 1. The summed E-state index contributed by atoms with van der Waals surface area (Å²) in [7, 11) is 0. The Bertz CT molecular complexity index is 1090. The van der Waals surface area contributed by atoms with E-state index in [0.717, 1.165) is 61.5 Å². The molecular formula is C26H28FN3O3. The highest BCUT2D eigenvalue weighted by Gasteiger charge is 2.30. The molecule has 172 valence electrons. The number of hydrogen-bond acceptors (Lipinski definition) is 5. The van der Waals surface area contributed by atoms with Crippen LogP contribution in [-0.4, -0.2) is 48.3 Å². The van der Waals surface area contributed by atoms with Crippen molar-refractivity contribution in [2.24, 2.45) is 0 Å². The van der Waals surface area contributed by atoms with Crippen molar-refractivity contribution in [2.45, 2.75) is 38.3 Å². The molecule has 2 aliphatic rings. The summed E-state index contributed by atoms with van der Waals surface area (Å²) in [6, 6.07) is 15.7. The van der Waals surface area contributed by atoms with Crippen LogP contribution in [0.15, 0.2) is 59.1 Å². The molecule has 2 aromatic carbocycles. The van der Waals surface area contributed by atoms with E-state index in [9.17, 15) is 9.18 Å². The molecular weight excluding hydrogens is 421 g/mol. The third-order valence-corrected chi connectivity index (χ3v) is 6.36. The Morgan fingerprint density at radius 1 is 1.09 bits per heavy atom. The monoisotopic (exact) mass is 449 g/mol. The van der Waals surface area contributed by atoms with Crippen molar-refractivity contribution >= 4 is 11.8 Å². The topological polar surface area (TPSA) is 58.8 Å². The molecule has 2 aliphatic heterocycles. The van der Waals surface area contributed by atoms with Crippen molar-refractivity contribution in [2.75, 3.05) is 31.1 Å². The van der Waals surface area contributed by atoms with Gasteiger partial charge in [-0.2, -0.15) is 0 Å². The van der Waals surface area contributed by atoms with Crippen LogP contribution in [-0.2, 0) is 11.3 Å². The van der Waals surface area contributed by atoms with Crippen molar-refractivity contribution in [3.05, 3.63) is 71.5 Å². The van der Waals surface area contributed by atoms with Crippen LogP contribution in [0, 0.1) is 5.82 Å². The summed E-state index contributed by atoms with van der Waals surface area (Å²) in [5.74, 6) is 0.0685. The number of aromatic nitrogens is 1. The Labute approximate surface area is 192 Å². The maximum atomic E-state index is 13.9. The molecule has 2 fully saturated rings. The van der Waals surface area contributed by atoms with Crippen LogP contribution in [0.5, 0.6) is 0 Å². The lowest BCUT2D eigenvalue weighted by Gasteiger charge is -2.27. The van der Waals surface area contributed by atoms with Gasteiger partial charge in [0.05, 0.1) is 18.2 Å². The molecule has 0 aliphatic carbocycles. The summed E-state index contributed by atoms with van der Waals surface area (Å²) in [6.45, 7) is 3.26. The molecule has 1 unspecified atom stereocenters. The number of halogens is 1. The van der Waals surface area contributed by atoms with E-state index in [1.165, 1.54) is 12.1 Å². The summed E-state index contributed by atoms with van der Waals surface area (Å²) < 4.78 is 25.6. The smallest absolute Gasteiger partial charge is 0.254 e. The van der Waals surface area contributed by atoms with Gasteiger partial charge in [-0.15, -0.1) is 0 Å². The minimum Gasteiger partial charge on any atom is -0.376 e. The predicted molar refractivity (Wildman–Crippen MR) is 124 cm³/mol. The molecule has 0 spiro atoms. The van der Waals surface area contributed by atoms with Crippen molar-refractivity contribution in [3.8, 4) is 11.3 Å². The fourth-order valence-corrected chi connectivity index (χ4v) is 4.68. The van der Waals surface area contributed by atoms with Crippen LogP contribution in [0.3, 0.4) is 0 Å². The van der Waals surface area contributed by atoms with Gasteiger partial charge in [-0.3, -0.25) is 4.79 Å². The number of carbonyl (C=O) groups is 1. The molecule has 7 heteroatoms. The Hall–Kier alpha value is -3.19. The lowest BCUT2D eigenvalue weighted by molar-refractivity contribution is 0.0507. The van der Waals surface area contributed by atoms with Gasteiger partial charge in [-0.05, 0) is 43.9 Å². The van der Waals surface area contributed by atoms with Crippen LogP contribution >= 0.6 is 0 Å². The molecule has 1 aromatic heterocycles. The van der Waals surface area contributed by atoms with Crippen LogP contribution in [0.1, 0.15) is 41.6 Å². The van der Waals surface area contributed by atoms with E-state index < -0.39 is 5.82 Å². The highest BCUT2D eigenvalue weighted by atomic mass is 19.1. The van der Waals surface area contributed by atoms with Gasteiger partial charge in [-0.1, -0.05) is 41.6 Å². The Morgan fingerprint density at radius 3 is 2.64 bits per heavy atom. The maximum Gasteiger partial charge on any atom is 0.254 e. The molecule has 2 saturated heterocycles. The number of hydrogen-bond donors (Lipinski definition) is 0. The highest BCUT2D eigenvalue weighted by Crippen LogP contribution is 2.34. The van der Waals surface area contributed by atoms with E-state index in [0.29, 0.717) is 25.3 Å². The number of anilines is 1. The van der Waals surface area contributed by atoms with Gasteiger partial charge in [-0.25, -0.2) is 4.39 Å². The van der Waals surface area contributed by atoms with Gasteiger partial charge in [0.1, 0.15) is 11.5 Å². The van der Waals surface area contributed by atoms with Crippen LogP contribution in [0.2, 0.25) is 0 Å². The average Bonchev–Trinajstić information content (AvgIpc) is 3.61. The molecule has 0 N–H and O–H groups in total. The van der Waals surface area contributed by atoms with Crippen molar-refractivity contribution in [1.82, 2.24) is 10.1 Å². The molecule has 6 nitrogen and oxygen atoms in total. The number of amides is 1. The first-order valence-electron chi connectivity index (χ1n) is 11.6. The molecule has 33 heavy (non-hydrogen) atoms. The van der Waals surface area contributed by atoms with Gasteiger partial charge >= 0.3 is 0 Å². The SMILES string of the molecule is O=C(c1cccc(F)c1)N(Cc1c(-c2ccccc2)noc1N1CCCC1)CC1CCCO1. The van der Waals surface area contributed by atoms with E-state index in [2.05, 4.69) is 10.1 Å². The van der Waals surface area contributed by atoms with Gasteiger partial charge in [0.2, 0.25) is 5.88 Å². The largest absolute Gasteiger partial charge is 0.376 e. The van der Waals surface area contributed by atoms with Crippen LogP contribution < -0.4 is 4.90 Å². The second-order valence-electron chi connectivity index (χ2n) is 8.71.